The molecule has 0 aliphatic carbocycles. The van der Waals surface area contributed by atoms with Crippen LogP contribution in [0.5, 0.6) is 11.5 Å². The first-order valence-electron chi connectivity index (χ1n) is 10.7. The molecule has 0 N–H and O–H groups in total. The van der Waals surface area contributed by atoms with Gasteiger partial charge < -0.3 is 13.9 Å². The lowest BCUT2D eigenvalue weighted by atomic mass is 10.2. The van der Waals surface area contributed by atoms with E-state index in [0.29, 0.717) is 56.0 Å². The topological polar surface area (TPSA) is 78.9 Å². The zero-order valence-corrected chi connectivity index (χ0v) is 20.3. The van der Waals surface area contributed by atoms with E-state index < -0.39 is 0 Å². The quantitative estimate of drug-likeness (QED) is 0.248. The van der Waals surface area contributed by atoms with Crippen LogP contribution in [0.2, 0.25) is 10.0 Å². The summed E-state index contributed by atoms with van der Waals surface area (Å²) in [6, 6.07) is 17.4. The minimum absolute atomic E-state index is 0.240. The van der Waals surface area contributed by atoms with Gasteiger partial charge in [0.25, 0.3) is 5.56 Å². The third-order valence-electron chi connectivity index (χ3n) is 5.32. The Labute approximate surface area is 210 Å². The van der Waals surface area contributed by atoms with Gasteiger partial charge in [-0.15, -0.1) is 0 Å². The largest absolute Gasteiger partial charge is 0.493 e. The molecule has 3 aromatic carbocycles. The molecule has 0 atom stereocenters. The Morgan fingerprint density at radius 3 is 2.71 bits per heavy atom. The fourth-order valence-corrected chi connectivity index (χ4v) is 4.17. The van der Waals surface area contributed by atoms with Crippen LogP contribution in [0, 0.1) is 0 Å². The highest BCUT2D eigenvalue weighted by molar-refractivity contribution is 6.31. The van der Waals surface area contributed by atoms with Gasteiger partial charge in [-0.2, -0.15) is 9.78 Å². The summed E-state index contributed by atoms with van der Waals surface area (Å²) in [6.07, 6.45) is 1.49. The van der Waals surface area contributed by atoms with Crippen molar-refractivity contribution < 1.29 is 13.9 Å². The summed E-state index contributed by atoms with van der Waals surface area (Å²) in [5.74, 6) is 1.53. The summed E-state index contributed by atoms with van der Waals surface area (Å²) in [7, 11) is 1.53. The predicted octanol–water partition coefficient (Wildman–Crippen LogP) is 6.41. The van der Waals surface area contributed by atoms with Crippen LogP contribution < -0.4 is 15.0 Å². The van der Waals surface area contributed by atoms with E-state index in [1.807, 2.05) is 13.0 Å². The Balaban J connectivity index is 1.73. The molecular formula is C26H19Cl2N3O4. The SMILES string of the molecule is CCOc1c(C=Nn2c(-c3cc4cc(Cl)ccc4o3)nc3ccccc3c2=O)cc(Cl)cc1OC. The summed E-state index contributed by atoms with van der Waals surface area (Å²) in [6.45, 7) is 2.27. The number of ether oxygens (including phenoxy) is 2. The number of halogens is 2. The maximum atomic E-state index is 13.5. The number of para-hydroxylation sites is 1. The Morgan fingerprint density at radius 2 is 1.91 bits per heavy atom. The van der Waals surface area contributed by atoms with Crippen molar-refractivity contribution in [1.29, 1.82) is 0 Å². The van der Waals surface area contributed by atoms with E-state index in [9.17, 15) is 4.79 Å². The Morgan fingerprint density at radius 1 is 1.09 bits per heavy atom. The summed E-state index contributed by atoms with van der Waals surface area (Å²) < 4.78 is 18.4. The molecule has 7 nitrogen and oxygen atoms in total. The van der Waals surface area contributed by atoms with Gasteiger partial charge in [-0.3, -0.25) is 4.79 Å². The number of benzene rings is 3. The van der Waals surface area contributed by atoms with Crippen molar-refractivity contribution in [1.82, 2.24) is 9.66 Å². The third-order valence-corrected chi connectivity index (χ3v) is 5.78. The molecule has 0 saturated heterocycles. The van der Waals surface area contributed by atoms with Gasteiger partial charge in [0.15, 0.2) is 17.3 Å². The molecule has 35 heavy (non-hydrogen) atoms. The predicted molar refractivity (Wildman–Crippen MR) is 138 cm³/mol. The Kier molecular flexibility index (Phi) is 6.19. The molecule has 2 aromatic heterocycles. The van der Waals surface area contributed by atoms with Gasteiger partial charge in [-0.25, -0.2) is 4.98 Å². The molecule has 9 heteroatoms. The van der Waals surface area contributed by atoms with Gasteiger partial charge in [0.05, 0.1) is 30.8 Å². The van der Waals surface area contributed by atoms with Gasteiger partial charge in [0.1, 0.15) is 5.58 Å². The fourth-order valence-electron chi connectivity index (χ4n) is 3.77. The highest BCUT2D eigenvalue weighted by Crippen LogP contribution is 2.34. The molecule has 0 aliphatic rings. The molecule has 0 spiro atoms. The lowest BCUT2D eigenvalue weighted by Gasteiger charge is -2.13. The van der Waals surface area contributed by atoms with E-state index in [2.05, 4.69) is 10.1 Å². The highest BCUT2D eigenvalue weighted by atomic mass is 35.5. The molecule has 0 amide bonds. The standard InChI is InChI=1S/C26H19Cl2N3O4/c1-3-34-24-16(11-18(28)13-22(24)33-2)14-29-31-25(30-20-7-5-4-6-19(20)26(31)32)23-12-15-10-17(27)8-9-21(15)35-23/h4-14H,3H2,1-2H3. The van der Waals surface area contributed by atoms with Crippen molar-refractivity contribution in [3.63, 3.8) is 0 Å². The molecule has 2 heterocycles. The molecular weight excluding hydrogens is 489 g/mol. The number of hydrogen-bond donors (Lipinski definition) is 0. The number of furan rings is 1. The van der Waals surface area contributed by atoms with Gasteiger partial charge in [0.2, 0.25) is 5.82 Å². The molecule has 0 aliphatic heterocycles. The number of nitrogens with zero attached hydrogens (tertiary/aromatic N) is 3. The minimum Gasteiger partial charge on any atom is -0.493 e. The summed E-state index contributed by atoms with van der Waals surface area (Å²) in [5.41, 5.74) is 1.32. The van der Waals surface area contributed by atoms with Gasteiger partial charge in [0, 0.05) is 27.1 Å². The van der Waals surface area contributed by atoms with Crippen molar-refractivity contribution in [3.05, 3.63) is 86.6 Å². The fraction of sp³-hybridized carbons (Fsp3) is 0.115. The van der Waals surface area contributed by atoms with Crippen molar-refractivity contribution >= 4 is 51.3 Å². The average Bonchev–Trinajstić information content (AvgIpc) is 3.27. The minimum atomic E-state index is -0.354. The van der Waals surface area contributed by atoms with Crippen molar-refractivity contribution in [2.75, 3.05) is 13.7 Å². The van der Waals surface area contributed by atoms with Crippen LogP contribution in [0.4, 0.5) is 0 Å². The van der Waals surface area contributed by atoms with E-state index >= 15 is 0 Å². The monoisotopic (exact) mass is 507 g/mol. The normalized spacial score (nSPS) is 11.5. The number of fused-ring (bicyclic) bond motifs is 2. The molecule has 176 valence electrons. The molecule has 5 rings (SSSR count). The van der Waals surface area contributed by atoms with E-state index in [1.165, 1.54) is 18.0 Å². The first-order valence-corrected chi connectivity index (χ1v) is 11.5. The lowest BCUT2D eigenvalue weighted by molar-refractivity contribution is 0.310. The smallest absolute Gasteiger partial charge is 0.282 e. The van der Waals surface area contributed by atoms with Crippen LogP contribution in [0.1, 0.15) is 12.5 Å². The second kappa shape index (κ2) is 9.44. The van der Waals surface area contributed by atoms with E-state index in [-0.39, 0.29) is 11.4 Å². The maximum Gasteiger partial charge on any atom is 0.282 e. The maximum absolute atomic E-state index is 13.5. The van der Waals surface area contributed by atoms with Crippen LogP contribution >= 0.6 is 23.2 Å². The number of methoxy groups -OCH3 is 1. The molecule has 0 fully saturated rings. The first-order chi connectivity index (χ1) is 17.0. The van der Waals surface area contributed by atoms with Crippen LogP contribution in [-0.4, -0.2) is 29.6 Å². The van der Waals surface area contributed by atoms with Crippen molar-refractivity contribution in [2.45, 2.75) is 6.92 Å². The number of rotatable bonds is 6. The zero-order valence-electron chi connectivity index (χ0n) is 18.8. The van der Waals surface area contributed by atoms with E-state index in [4.69, 9.17) is 37.1 Å². The zero-order chi connectivity index (χ0) is 24.5. The highest BCUT2D eigenvalue weighted by Gasteiger charge is 2.17. The van der Waals surface area contributed by atoms with Crippen LogP contribution in [0.3, 0.4) is 0 Å². The van der Waals surface area contributed by atoms with Crippen LogP contribution in [0.15, 0.2) is 75.0 Å². The summed E-state index contributed by atoms with van der Waals surface area (Å²) in [4.78, 5) is 18.2. The van der Waals surface area contributed by atoms with Crippen molar-refractivity contribution in [2.24, 2.45) is 5.10 Å². The molecule has 0 saturated carbocycles. The molecule has 0 bridgehead atoms. The lowest BCUT2D eigenvalue weighted by Crippen LogP contribution is -2.20. The second-order valence-electron chi connectivity index (χ2n) is 7.57. The summed E-state index contributed by atoms with van der Waals surface area (Å²) >= 11 is 12.4. The second-order valence-corrected chi connectivity index (χ2v) is 8.44. The summed E-state index contributed by atoms with van der Waals surface area (Å²) in [5, 5.41) is 6.69. The van der Waals surface area contributed by atoms with Gasteiger partial charge >= 0.3 is 0 Å². The average molecular weight is 508 g/mol. The van der Waals surface area contributed by atoms with Crippen LogP contribution in [0.25, 0.3) is 33.5 Å². The van der Waals surface area contributed by atoms with E-state index in [0.717, 1.165) is 5.39 Å². The first kappa shape index (κ1) is 23.0. The molecule has 0 radical (unpaired) electrons. The molecule has 0 unspecified atom stereocenters. The van der Waals surface area contributed by atoms with Crippen LogP contribution in [-0.2, 0) is 0 Å². The van der Waals surface area contributed by atoms with Gasteiger partial charge in [-0.1, -0.05) is 35.3 Å². The Hall–Kier alpha value is -3.81. The molecule has 5 aromatic rings. The van der Waals surface area contributed by atoms with Crippen molar-refractivity contribution in [3.8, 4) is 23.1 Å². The number of hydrogen-bond acceptors (Lipinski definition) is 6. The van der Waals surface area contributed by atoms with E-state index in [1.54, 1.807) is 54.6 Å². The third kappa shape index (κ3) is 4.36. The Bertz CT molecular complexity index is 1660. The van der Waals surface area contributed by atoms with Gasteiger partial charge in [-0.05, 0) is 49.4 Å². The number of aromatic nitrogens is 2.